The van der Waals surface area contributed by atoms with Gasteiger partial charge in [0.2, 0.25) is 0 Å². The summed E-state index contributed by atoms with van der Waals surface area (Å²) in [5, 5.41) is 20.1. The molecule has 0 fully saturated rings. The van der Waals surface area contributed by atoms with Crippen molar-refractivity contribution in [2.45, 2.75) is 28.1 Å². The number of aliphatic carboxylic acids is 1. The van der Waals surface area contributed by atoms with Gasteiger partial charge in [0.25, 0.3) is 0 Å². The van der Waals surface area contributed by atoms with E-state index in [9.17, 15) is 9.90 Å². The second-order valence-electron chi connectivity index (χ2n) is 3.49. The van der Waals surface area contributed by atoms with Crippen molar-refractivity contribution in [2.24, 2.45) is 0 Å². The Balaban J connectivity index is 2.60. The zero-order valence-electron chi connectivity index (χ0n) is 9.89. The van der Waals surface area contributed by atoms with Crippen LogP contribution in [0.2, 0.25) is 0 Å². The lowest BCUT2D eigenvalue weighted by Crippen LogP contribution is -2.51. The minimum atomic E-state index is -0.926. The van der Waals surface area contributed by atoms with E-state index in [2.05, 4.69) is 15.5 Å². The van der Waals surface area contributed by atoms with Crippen molar-refractivity contribution in [2.75, 3.05) is 18.6 Å². The molecule has 1 rings (SSSR count). The molecule has 1 heterocycles. The number of nitrogens with zero attached hydrogens (tertiary/aromatic N) is 2. The molecular formula is C9H15N3O2S3. The number of hydrogen-bond donors (Lipinski definition) is 2. The Morgan fingerprint density at radius 1 is 1.53 bits per heavy atom. The number of thioether (sulfide) groups is 2. The quantitative estimate of drug-likeness (QED) is 0.742. The lowest BCUT2D eigenvalue weighted by atomic mass is 10.1. The largest absolute Gasteiger partial charge is 0.480 e. The molecule has 0 radical (unpaired) electrons. The first-order valence-corrected chi connectivity index (χ1v) is 8.03. The molecule has 0 bridgehead atoms. The number of carboxylic acid groups (broad SMARTS) is 1. The van der Waals surface area contributed by atoms with Crippen molar-refractivity contribution in [1.29, 1.82) is 0 Å². The predicted molar refractivity (Wildman–Crippen MR) is 72.1 cm³/mol. The summed E-state index contributed by atoms with van der Waals surface area (Å²) in [6, 6.07) is 0. The van der Waals surface area contributed by atoms with Crippen LogP contribution in [0.25, 0.3) is 0 Å². The maximum absolute atomic E-state index is 11.2. The Kier molecular flexibility index (Phi) is 5.71. The molecule has 0 amide bonds. The molecule has 0 spiro atoms. The van der Waals surface area contributed by atoms with Crippen LogP contribution in [0.1, 0.15) is 13.8 Å². The van der Waals surface area contributed by atoms with E-state index in [-0.39, 0.29) is 0 Å². The molecule has 0 aliphatic heterocycles. The normalized spacial score (nSPS) is 14.5. The molecule has 0 aromatic carbocycles. The molecular weight excluding hydrogens is 278 g/mol. The van der Waals surface area contributed by atoms with Crippen LogP contribution in [0.5, 0.6) is 0 Å². The van der Waals surface area contributed by atoms with Crippen LogP contribution in [0.15, 0.2) is 8.68 Å². The number of nitrogens with one attached hydrogen (secondary N) is 1. The number of carboxylic acids is 1. The third-order valence-electron chi connectivity index (χ3n) is 2.09. The first-order chi connectivity index (χ1) is 8.01. The van der Waals surface area contributed by atoms with E-state index < -0.39 is 11.5 Å². The van der Waals surface area contributed by atoms with Gasteiger partial charge in [0.1, 0.15) is 5.54 Å². The molecule has 1 aromatic rings. The minimum Gasteiger partial charge on any atom is -0.480 e. The molecule has 17 heavy (non-hydrogen) atoms. The van der Waals surface area contributed by atoms with Crippen molar-refractivity contribution in [3.63, 3.8) is 0 Å². The summed E-state index contributed by atoms with van der Waals surface area (Å²) in [6.07, 6.45) is 1.94. The van der Waals surface area contributed by atoms with Gasteiger partial charge in [0, 0.05) is 5.75 Å². The predicted octanol–water partition coefficient (Wildman–Crippen LogP) is 1.80. The lowest BCUT2D eigenvalue weighted by Gasteiger charge is -2.24. The second kappa shape index (κ2) is 6.58. The Hall–Kier alpha value is -0.310. The van der Waals surface area contributed by atoms with E-state index in [1.807, 2.05) is 13.2 Å². The number of rotatable bonds is 7. The van der Waals surface area contributed by atoms with Crippen molar-refractivity contribution < 1.29 is 9.90 Å². The van der Waals surface area contributed by atoms with Gasteiger partial charge in [-0.15, -0.1) is 10.2 Å². The molecule has 96 valence electrons. The average molecular weight is 293 g/mol. The molecule has 0 saturated carbocycles. The van der Waals surface area contributed by atoms with Gasteiger partial charge in [-0.05, 0) is 19.7 Å². The Morgan fingerprint density at radius 2 is 2.18 bits per heavy atom. The third kappa shape index (κ3) is 4.13. The Labute approximate surface area is 113 Å². The van der Waals surface area contributed by atoms with Crippen molar-refractivity contribution in [3.05, 3.63) is 0 Å². The topological polar surface area (TPSA) is 75.1 Å². The maximum Gasteiger partial charge on any atom is 0.324 e. The standard InChI is InChI=1S/C9H15N3O2S3/c1-4-10-9(2,6(13)14)5-16-8-12-11-7(15-3)17-8/h10H,4-5H2,1-3H3,(H,13,14). The summed E-state index contributed by atoms with van der Waals surface area (Å²) in [5.41, 5.74) is -0.926. The van der Waals surface area contributed by atoms with Gasteiger partial charge in [0.05, 0.1) is 0 Å². The van der Waals surface area contributed by atoms with Gasteiger partial charge in [-0.3, -0.25) is 4.79 Å². The minimum absolute atomic E-state index is 0.430. The van der Waals surface area contributed by atoms with Crippen LogP contribution in [0, 0.1) is 0 Å². The summed E-state index contributed by atoms with van der Waals surface area (Å²) in [6.45, 7) is 4.19. The fourth-order valence-corrected chi connectivity index (χ4v) is 3.67. The summed E-state index contributed by atoms with van der Waals surface area (Å²) < 4.78 is 1.70. The third-order valence-corrected chi connectivity index (χ3v) is 5.43. The van der Waals surface area contributed by atoms with Crippen molar-refractivity contribution in [1.82, 2.24) is 15.5 Å². The van der Waals surface area contributed by atoms with Crippen LogP contribution >= 0.6 is 34.9 Å². The number of hydrogen-bond acceptors (Lipinski definition) is 7. The van der Waals surface area contributed by atoms with E-state index >= 15 is 0 Å². The number of likely N-dealkylation sites (N-methyl/N-ethyl adjacent to an activating group) is 1. The molecule has 0 aliphatic rings. The fourth-order valence-electron chi connectivity index (χ4n) is 1.12. The van der Waals surface area contributed by atoms with Crippen molar-refractivity contribution >= 4 is 40.8 Å². The first kappa shape index (κ1) is 14.7. The van der Waals surface area contributed by atoms with Gasteiger partial charge in [0.15, 0.2) is 8.68 Å². The number of aromatic nitrogens is 2. The zero-order valence-corrected chi connectivity index (χ0v) is 12.3. The van der Waals surface area contributed by atoms with Crippen LogP contribution in [-0.4, -0.2) is 45.4 Å². The first-order valence-electron chi connectivity index (χ1n) is 5.00. The van der Waals surface area contributed by atoms with Crippen LogP contribution in [0.3, 0.4) is 0 Å². The highest BCUT2D eigenvalue weighted by Gasteiger charge is 2.32. The van der Waals surface area contributed by atoms with Gasteiger partial charge < -0.3 is 10.4 Å². The van der Waals surface area contributed by atoms with Gasteiger partial charge in [-0.2, -0.15) is 0 Å². The monoisotopic (exact) mass is 293 g/mol. The molecule has 2 N–H and O–H groups in total. The van der Waals surface area contributed by atoms with Crippen molar-refractivity contribution in [3.8, 4) is 0 Å². The highest BCUT2D eigenvalue weighted by Crippen LogP contribution is 2.29. The van der Waals surface area contributed by atoms with Gasteiger partial charge in [-0.25, -0.2) is 0 Å². The maximum atomic E-state index is 11.2. The summed E-state index contributed by atoms with van der Waals surface area (Å²) in [5.74, 6) is -0.416. The van der Waals surface area contributed by atoms with Gasteiger partial charge >= 0.3 is 5.97 Å². The SMILES string of the molecule is CCNC(C)(CSc1nnc(SC)s1)C(=O)O. The molecule has 0 aliphatic carbocycles. The summed E-state index contributed by atoms with van der Waals surface area (Å²) in [7, 11) is 0. The van der Waals surface area contributed by atoms with Gasteiger partial charge in [-0.1, -0.05) is 41.8 Å². The van der Waals surface area contributed by atoms with Crippen LogP contribution in [0.4, 0.5) is 0 Å². The molecule has 0 saturated heterocycles. The molecule has 1 atom stereocenters. The molecule has 1 unspecified atom stereocenters. The second-order valence-corrected chi connectivity index (χ2v) is 6.75. The summed E-state index contributed by atoms with van der Waals surface area (Å²) >= 11 is 4.45. The number of carbonyl (C=O) groups is 1. The zero-order chi connectivity index (χ0) is 12.9. The lowest BCUT2D eigenvalue weighted by molar-refractivity contribution is -0.143. The fraction of sp³-hybridized carbons (Fsp3) is 0.667. The smallest absolute Gasteiger partial charge is 0.324 e. The van der Waals surface area contributed by atoms with E-state index in [0.29, 0.717) is 12.3 Å². The Bertz CT molecular complexity index is 385. The van der Waals surface area contributed by atoms with E-state index in [1.54, 1.807) is 6.92 Å². The highest BCUT2D eigenvalue weighted by molar-refractivity contribution is 8.03. The van der Waals surface area contributed by atoms with E-state index in [0.717, 1.165) is 8.68 Å². The summed E-state index contributed by atoms with van der Waals surface area (Å²) in [4.78, 5) is 11.2. The average Bonchev–Trinajstić information content (AvgIpc) is 2.74. The van der Waals surface area contributed by atoms with E-state index in [1.165, 1.54) is 34.9 Å². The van der Waals surface area contributed by atoms with Crippen LogP contribution < -0.4 is 5.32 Å². The van der Waals surface area contributed by atoms with Crippen LogP contribution in [-0.2, 0) is 4.79 Å². The molecule has 5 nitrogen and oxygen atoms in total. The van der Waals surface area contributed by atoms with E-state index in [4.69, 9.17) is 0 Å². The Morgan fingerprint density at radius 3 is 2.65 bits per heavy atom. The molecule has 1 aromatic heterocycles. The highest BCUT2D eigenvalue weighted by atomic mass is 32.2. The molecule has 8 heteroatoms.